The predicted octanol–water partition coefficient (Wildman–Crippen LogP) is 3.60. The number of hydrogen-bond acceptors (Lipinski definition) is 5. The molecule has 0 aliphatic heterocycles. The Kier molecular flexibility index (Phi) is 4.38. The molecular weight excluding hydrogens is 364 g/mol. The van der Waals surface area contributed by atoms with Crippen LogP contribution in [0.5, 0.6) is 0 Å². The Morgan fingerprint density at radius 3 is 2.00 bits per heavy atom. The van der Waals surface area contributed by atoms with Crippen LogP contribution in [0.1, 0.15) is 30.9 Å². The van der Waals surface area contributed by atoms with Crippen molar-refractivity contribution >= 4 is 5.82 Å². The Bertz CT molecular complexity index is 1170. The van der Waals surface area contributed by atoms with Gasteiger partial charge >= 0.3 is 0 Å². The Labute approximate surface area is 167 Å². The second kappa shape index (κ2) is 7.02. The number of nitriles is 1. The smallest absolute Gasteiger partial charge is 0.295 e. The van der Waals surface area contributed by atoms with Crippen molar-refractivity contribution in [3.63, 3.8) is 0 Å². The van der Waals surface area contributed by atoms with Crippen LogP contribution in [-0.2, 0) is 5.41 Å². The molecule has 8 nitrogen and oxygen atoms in total. The van der Waals surface area contributed by atoms with E-state index < -0.39 is 5.41 Å². The average molecular weight is 380 g/mol. The highest BCUT2D eigenvalue weighted by Crippen LogP contribution is 2.30. The van der Waals surface area contributed by atoms with Crippen molar-refractivity contribution in [3.05, 3.63) is 89.4 Å². The van der Waals surface area contributed by atoms with Crippen molar-refractivity contribution in [2.75, 3.05) is 0 Å². The van der Waals surface area contributed by atoms with Crippen LogP contribution in [0.3, 0.4) is 0 Å². The first-order valence-electron chi connectivity index (χ1n) is 8.86. The van der Waals surface area contributed by atoms with Crippen molar-refractivity contribution < 1.29 is 0 Å². The van der Waals surface area contributed by atoms with Gasteiger partial charge in [0.15, 0.2) is 17.3 Å². The molecule has 0 aromatic carbocycles. The number of aromatic nitrogens is 6. The highest BCUT2D eigenvalue weighted by molar-refractivity contribution is 5.39. The summed E-state index contributed by atoms with van der Waals surface area (Å²) >= 11 is 0. The average Bonchev–Trinajstić information content (AvgIpc) is 3.43. The molecule has 0 spiro atoms. The molecule has 29 heavy (non-hydrogen) atoms. The number of rotatable bonds is 4. The Morgan fingerprint density at radius 2 is 1.48 bits per heavy atom. The van der Waals surface area contributed by atoms with Gasteiger partial charge in [0.1, 0.15) is 6.07 Å². The number of hydrogen-bond donors (Lipinski definition) is 0. The largest absolute Gasteiger partial charge is 0.359 e. The van der Waals surface area contributed by atoms with Gasteiger partial charge in [-0.1, -0.05) is 18.7 Å². The Hall–Kier alpha value is -4.30. The zero-order chi connectivity index (χ0) is 20.4. The lowest BCUT2D eigenvalue weighted by atomic mass is 9.84. The van der Waals surface area contributed by atoms with Crippen LogP contribution in [0.25, 0.3) is 16.5 Å². The molecule has 0 N–H and O–H groups in total. The second-order valence-corrected chi connectivity index (χ2v) is 6.87. The van der Waals surface area contributed by atoms with Gasteiger partial charge in [-0.05, 0) is 55.3 Å². The SMILES string of the molecule is [C-]#[N+]c1ccn(-c2cccc(C(C)(C)c3cccc(-n4ccc(C#N)n4)n3)n2)n1. The van der Waals surface area contributed by atoms with E-state index in [4.69, 9.17) is 21.8 Å². The summed E-state index contributed by atoms with van der Waals surface area (Å²) in [5, 5.41) is 17.4. The summed E-state index contributed by atoms with van der Waals surface area (Å²) in [6.45, 7) is 11.2. The number of nitrogens with zero attached hydrogens (tertiary/aromatic N) is 8. The molecule has 140 valence electrons. The van der Waals surface area contributed by atoms with Crippen LogP contribution in [0.4, 0.5) is 5.82 Å². The fourth-order valence-electron chi connectivity index (χ4n) is 2.94. The molecule has 4 rings (SSSR count). The normalized spacial score (nSPS) is 11.0. The molecule has 0 bridgehead atoms. The van der Waals surface area contributed by atoms with Crippen LogP contribution in [0.15, 0.2) is 60.9 Å². The summed E-state index contributed by atoms with van der Waals surface area (Å²) in [5.41, 5.74) is 1.48. The molecule has 4 heterocycles. The van der Waals surface area contributed by atoms with Crippen LogP contribution in [0, 0.1) is 17.9 Å². The van der Waals surface area contributed by atoms with Crippen LogP contribution < -0.4 is 0 Å². The molecule has 0 aliphatic carbocycles. The third-order valence-electron chi connectivity index (χ3n) is 4.61. The quantitative estimate of drug-likeness (QED) is 0.505. The molecule has 0 aliphatic rings. The maximum Gasteiger partial charge on any atom is 0.295 e. The van der Waals surface area contributed by atoms with Crippen LogP contribution in [0.2, 0.25) is 0 Å². The van der Waals surface area contributed by atoms with Gasteiger partial charge in [0.25, 0.3) is 5.82 Å². The van der Waals surface area contributed by atoms with Gasteiger partial charge in [0, 0.05) is 17.8 Å². The Morgan fingerprint density at radius 1 is 0.897 bits per heavy atom. The van der Waals surface area contributed by atoms with E-state index in [-0.39, 0.29) is 0 Å². The molecule has 0 saturated carbocycles. The minimum atomic E-state index is -0.493. The molecule has 8 heteroatoms. The maximum atomic E-state index is 8.99. The summed E-state index contributed by atoms with van der Waals surface area (Å²) in [4.78, 5) is 12.8. The van der Waals surface area contributed by atoms with Crippen molar-refractivity contribution in [1.29, 1.82) is 5.26 Å². The predicted molar refractivity (Wildman–Crippen MR) is 106 cm³/mol. The van der Waals surface area contributed by atoms with E-state index in [0.717, 1.165) is 11.4 Å². The monoisotopic (exact) mass is 380 g/mol. The molecule has 0 saturated heterocycles. The molecule has 0 amide bonds. The topological polar surface area (TPSA) is 89.6 Å². The third kappa shape index (κ3) is 3.35. The molecule has 0 radical (unpaired) electrons. The van der Waals surface area contributed by atoms with Gasteiger partial charge in [-0.15, -0.1) is 4.68 Å². The van der Waals surface area contributed by atoms with Gasteiger partial charge in [0.05, 0.1) is 11.4 Å². The summed E-state index contributed by atoms with van der Waals surface area (Å²) in [7, 11) is 0. The van der Waals surface area contributed by atoms with Gasteiger partial charge in [0.2, 0.25) is 0 Å². The van der Waals surface area contributed by atoms with E-state index in [1.807, 2.05) is 56.3 Å². The van der Waals surface area contributed by atoms with E-state index in [1.54, 1.807) is 33.9 Å². The molecule has 4 aromatic rings. The van der Waals surface area contributed by atoms with Crippen molar-refractivity contribution in [1.82, 2.24) is 29.5 Å². The van der Waals surface area contributed by atoms with Gasteiger partial charge in [-0.25, -0.2) is 14.6 Å². The van der Waals surface area contributed by atoms with E-state index in [9.17, 15) is 0 Å². The summed E-state index contributed by atoms with van der Waals surface area (Å²) in [6, 6.07) is 16.7. The van der Waals surface area contributed by atoms with E-state index in [1.165, 1.54) is 0 Å². The van der Waals surface area contributed by atoms with Gasteiger partial charge in [-0.3, -0.25) is 0 Å². The highest BCUT2D eigenvalue weighted by Gasteiger charge is 2.27. The van der Waals surface area contributed by atoms with E-state index >= 15 is 0 Å². The van der Waals surface area contributed by atoms with E-state index in [2.05, 4.69) is 15.0 Å². The highest BCUT2D eigenvalue weighted by atomic mass is 15.3. The zero-order valence-corrected chi connectivity index (χ0v) is 15.9. The fraction of sp³-hybridized carbons (Fsp3) is 0.143. The lowest BCUT2D eigenvalue weighted by Gasteiger charge is -2.24. The summed E-state index contributed by atoms with van der Waals surface area (Å²) in [6.07, 6.45) is 3.43. The standard InChI is InChI=1S/C21H16N8/c1-21(2,16-6-4-8-19(24-16)28-12-10-15(14-22)26-28)17-7-5-9-20(25-17)29-13-11-18(23-3)27-29/h4-13H,1-2H3. The van der Waals surface area contributed by atoms with Crippen molar-refractivity contribution in [2.24, 2.45) is 0 Å². The first kappa shape index (κ1) is 18.1. The van der Waals surface area contributed by atoms with Gasteiger partial charge in [-0.2, -0.15) is 10.4 Å². The molecular formula is C21H16N8. The van der Waals surface area contributed by atoms with Crippen LogP contribution in [-0.4, -0.2) is 29.5 Å². The summed E-state index contributed by atoms with van der Waals surface area (Å²) < 4.78 is 3.17. The lowest BCUT2D eigenvalue weighted by molar-refractivity contribution is 0.588. The Balaban J connectivity index is 1.72. The summed E-state index contributed by atoms with van der Waals surface area (Å²) in [5.74, 6) is 1.58. The maximum absolute atomic E-state index is 8.99. The minimum Gasteiger partial charge on any atom is -0.359 e. The first-order chi connectivity index (χ1) is 14.0. The molecule has 4 aromatic heterocycles. The lowest BCUT2D eigenvalue weighted by Crippen LogP contribution is -2.23. The zero-order valence-electron chi connectivity index (χ0n) is 15.9. The van der Waals surface area contributed by atoms with E-state index in [0.29, 0.717) is 23.1 Å². The third-order valence-corrected chi connectivity index (χ3v) is 4.61. The molecule has 0 unspecified atom stereocenters. The number of pyridine rings is 2. The first-order valence-corrected chi connectivity index (χ1v) is 8.86. The fourth-order valence-corrected chi connectivity index (χ4v) is 2.94. The minimum absolute atomic E-state index is 0.321. The molecule has 0 fully saturated rings. The van der Waals surface area contributed by atoms with Gasteiger partial charge < -0.3 is 4.85 Å². The van der Waals surface area contributed by atoms with Crippen LogP contribution >= 0.6 is 0 Å². The van der Waals surface area contributed by atoms with Crippen molar-refractivity contribution in [2.45, 2.75) is 19.3 Å². The molecule has 0 atom stereocenters. The second-order valence-electron chi connectivity index (χ2n) is 6.87. The van der Waals surface area contributed by atoms with Crippen molar-refractivity contribution in [3.8, 4) is 17.7 Å².